The molecule has 1 aliphatic carbocycles. The molecule has 1 aromatic carbocycles. The van der Waals surface area contributed by atoms with Crippen molar-refractivity contribution in [2.75, 3.05) is 0 Å². The molecule has 0 spiro atoms. The molecule has 0 bridgehead atoms. The molecule has 0 radical (unpaired) electrons. The first-order valence-corrected chi connectivity index (χ1v) is 8.32. The quantitative estimate of drug-likeness (QED) is 0.838. The third-order valence-electron chi connectivity index (χ3n) is 4.28. The summed E-state index contributed by atoms with van der Waals surface area (Å²) in [5.41, 5.74) is 1.04. The number of carbonyl (C=O) groups is 1. The predicted molar refractivity (Wildman–Crippen MR) is 94.2 cm³/mol. The van der Waals surface area contributed by atoms with Crippen LogP contribution < -0.4 is 0 Å². The van der Waals surface area contributed by atoms with Gasteiger partial charge in [-0.05, 0) is 45.7 Å². The van der Waals surface area contributed by atoms with Crippen molar-refractivity contribution in [2.24, 2.45) is 5.92 Å². The number of amides is 1. The minimum Gasteiger partial charge on any atom is -0.443 e. The highest BCUT2D eigenvalue weighted by molar-refractivity contribution is 5.75. The van der Waals surface area contributed by atoms with Crippen LogP contribution in [0.25, 0.3) is 6.08 Å². The number of hydrogen-bond acceptors (Lipinski definition) is 3. The van der Waals surface area contributed by atoms with Crippen molar-refractivity contribution in [2.45, 2.75) is 51.9 Å². The van der Waals surface area contributed by atoms with E-state index in [1.165, 1.54) is 0 Å². The molecule has 24 heavy (non-hydrogen) atoms. The Labute approximate surface area is 143 Å². The Balaban J connectivity index is 2.06. The van der Waals surface area contributed by atoms with Gasteiger partial charge in [0.25, 0.3) is 0 Å². The zero-order chi connectivity index (χ0) is 17.7. The van der Waals surface area contributed by atoms with Crippen molar-refractivity contribution >= 4 is 12.2 Å². The van der Waals surface area contributed by atoms with Crippen LogP contribution in [0, 0.1) is 5.92 Å². The van der Waals surface area contributed by atoms with Gasteiger partial charge in [-0.25, -0.2) is 4.79 Å². The van der Waals surface area contributed by atoms with Crippen LogP contribution in [0.15, 0.2) is 42.1 Å². The molecule has 128 valence electrons. The first kappa shape index (κ1) is 16.8. The number of hydrogen-bond donors (Lipinski definition) is 1. The smallest absolute Gasteiger partial charge is 0.415 e. The van der Waals surface area contributed by atoms with Gasteiger partial charge in [0.2, 0.25) is 0 Å². The Morgan fingerprint density at radius 1 is 1.17 bits per heavy atom. The summed E-state index contributed by atoms with van der Waals surface area (Å²) in [5, 5.41) is 10.6. The van der Waals surface area contributed by atoms with Crippen molar-refractivity contribution in [1.29, 1.82) is 0 Å². The molecule has 0 saturated heterocycles. The van der Waals surface area contributed by atoms with Crippen LogP contribution in [0.5, 0.6) is 0 Å². The van der Waals surface area contributed by atoms with Gasteiger partial charge >= 0.3 is 6.09 Å². The molecule has 0 fully saturated rings. The van der Waals surface area contributed by atoms with E-state index < -0.39 is 17.3 Å². The maximum absolute atomic E-state index is 12.9. The molecule has 1 aliphatic heterocycles. The molecular weight excluding hydrogens is 302 g/mol. The van der Waals surface area contributed by atoms with E-state index in [0.717, 1.165) is 11.1 Å². The number of rotatable bonds is 1. The van der Waals surface area contributed by atoms with Crippen molar-refractivity contribution < 1.29 is 14.6 Å². The highest BCUT2D eigenvalue weighted by Gasteiger charge is 2.46. The molecule has 4 heteroatoms. The summed E-state index contributed by atoms with van der Waals surface area (Å²) in [5.74, 6) is 0.0360. The van der Waals surface area contributed by atoms with E-state index in [9.17, 15) is 9.90 Å². The lowest BCUT2D eigenvalue weighted by atomic mass is 9.86. The van der Waals surface area contributed by atoms with E-state index in [-0.39, 0.29) is 12.0 Å². The van der Waals surface area contributed by atoms with Gasteiger partial charge in [-0.3, -0.25) is 4.90 Å². The fourth-order valence-corrected chi connectivity index (χ4v) is 3.35. The van der Waals surface area contributed by atoms with E-state index in [0.29, 0.717) is 5.70 Å². The van der Waals surface area contributed by atoms with Crippen LogP contribution in [0.2, 0.25) is 0 Å². The van der Waals surface area contributed by atoms with Gasteiger partial charge in [-0.2, -0.15) is 0 Å². The molecule has 1 N–H and O–H groups in total. The predicted octanol–water partition coefficient (Wildman–Crippen LogP) is 4.28. The largest absolute Gasteiger partial charge is 0.443 e. The number of benzene rings is 1. The highest BCUT2D eigenvalue weighted by atomic mass is 16.6. The number of fused-ring (bicyclic) bond motifs is 3. The zero-order valence-corrected chi connectivity index (χ0v) is 14.9. The lowest BCUT2D eigenvalue weighted by molar-refractivity contribution is 0.0104. The second-order valence-corrected chi connectivity index (χ2v) is 7.97. The van der Waals surface area contributed by atoms with Gasteiger partial charge in [0.15, 0.2) is 0 Å². The summed E-state index contributed by atoms with van der Waals surface area (Å²) >= 11 is 0. The molecular formula is C20H25NO3. The number of nitrogens with zero attached hydrogens (tertiary/aromatic N) is 1. The molecule has 1 aromatic rings. The van der Waals surface area contributed by atoms with Gasteiger partial charge in [0.05, 0.1) is 17.3 Å². The summed E-state index contributed by atoms with van der Waals surface area (Å²) in [6.07, 6.45) is 5.71. The minimum absolute atomic E-state index is 0.0360. The monoisotopic (exact) mass is 327 g/mol. The van der Waals surface area contributed by atoms with E-state index in [2.05, 4.69) is 12.2 Å². The van der Waals surface area contributed by atoms with E-state index in [1.54, 1.807) is 18.7 Å². The first-order chi connectivity index (χ1) is 11.1. The molecule has 2 aliphatic rings. The highest BCUT2D eigenvalue weighted by Crippen LogP contribution is 2.47. The van der Waals surface area contributed by atoms with Gasteiger partial charge in [-0.15, -0.1) is 0 Å². The minimum atomic E-state index is -1.13. The third-order valence-corrected chi connectivity index (χ3v) is 4.28. The van der Waals surface area contributed by atoms with Gasteiger partial charge < -0.3 is 9.84 Å². The second kappa shape index (κ2) is 5.49. The SMILES string of the molecule is CC(C)(C)OC(=O)N1C(C(C)(C)O)=C[C@H]2C=Cc3ccccc3[C@H]21. The van der Waals surface area contributed by atoms with E-state index in [4.69, 9.17) is 4.74 Å². The summed E-state index contributed by atoms with van der Waals surface area (Å²) in [4.78, 5) is 14.5. The van der Waals surface area contributed by atoms with Crippen LogP contribution in [-0.2, 0) is 4.74 Å². The molecule has 2 atom stereocenters. The zero-order valence-electron chi connectivity index (χ0n) is 14.9. The Hall–Kier alpha value is -2.07. The standard InChI is InChI=1S/C20H25NO3/c1-19(2,3)24-18(22)21-16(20(4,5)23)12-14-11-10-13-8-6-7-9-15(13)17(14)21/h6-12,14,17,23H,1-5H3/t14-,17+/m1/s1. The molecule has 0 aromatic heterocycles. The first-order valence-electron chi connectivity index (χ1n) is 8.32. The van der Waals surface area contributed by atoms with Crippen LogP contribution in [-0.4, -0.2) is 27.3 Å². The Bertz CT molecular complexity index is 719. The number of aliphatic hydroxyl groups is 1. The second-order valence-electron chi connectivity index (χ2n) is 7.97. The lowest BCUT2D eigenvalue weighted by Crippen LogP contribution is -2.43. The van der Waals surface area contributed by atoms with Crippen LogP contribution in [0.3, 0.4) is 0 Å². The van der Waals surface area contributed by atoms with Gasteiger partial charge in [-0.1, -0.05) is 42.5 Å². The van der Waals surface area contributed by atoms with Gasteiger partial charge in [0.1, 0.15) is 5.60 Å². The Morgan fingerprint density at radius 3 is 2.46 bits per heavy atom. The van der Waals surface area contributed by atoms with Crippen LogP contribution >= 0.6 is 0 Å². The molecule has 3 rings (SSSR count). The van der Waals surface area contributed by atoms with Crippen LogP contribution in [0.4, 0.5) is 4.79 Å². The van der Waals surface area contributed by atoms with Crippen molar-refractivity contribution in [1.82, 2.24) is 4.90 Å². The molecule has 4 nitrogen and oxygen atoms in total. The number of carbonyl (C=O) groups excluding carboxylic acids is 1. The van der Waals surface area contributed by atoms with Crippen molar-refractivity contribution in [3.63, 3.8) is 0 Å². The maximum Gasteiger partial charge on any atom is 0.415 e. The summed E-state index contributed by atoms with van der Waals surface area (Å²) in [6, 6.07) is 7.86. The maximum atomic E-state index is 12.9. The van der Waals surface area contributed by atoms with E-state index >= 15 is 0 Å². The van der Waals surface area contributed by atoms with Crippen LogP contribution in [0.1, 0.15) is 51.8 Å². The normalized spacial score (nSPS) is 22.8. The fourth-order valence-electron chi connectivity index (χ4n) is 3.35. The molecule has 1 amide bonds. The van der Waals surface area contributed by atoms with Gasteiger partial charge in [0, 0.05) is 5.92 Å². The Morgan fingerprint density at radius 2 is 1.83 bits per heavy atom. The van der Waals surface area contributed by atoms with Crippen molar-refractivity contribution in [3.8, 4) is 0 Å². The van der Waals surface area contributed by atoms with Crippen molar-refractivity contribution in [3.05, 3.63) is 53.2 Å². The summed E-state index contributed by atoms with van der Waals surface area (Å²) in [7, 11) is 0. The average molecular weight is 327 g/mol. The molecule has 1 heterocycles. The Kier molecular flexibility index (Phi) is 3.83. The summed E-state index contributed by atoms with van der Waals surface area (Å²) < 4.78 is 5.62. The average Bonchev–Trinajstić information content (AvgIpc) is 2.85. The molecule has 0 unspecified atom stereocenters. The topological polar surface area (TPSA) is 49.8 Å². The fraction of sp³-hybridized carbons (Fsp3) is 0.450. The lowest BCUT2D eigenvalue weighted by Gasteiger charge is -2.37. The van der Waals surface area contributed by atoms with E-state index in [1.807, 2.05) is 51.1 Å². The molecule has 0 saturated carbocycles. The summed E-state index contributed by atoms with van der Waals surface area (Å²) in [6.45, 7) is 8.94. The third kappa shape index (κ3) is 2.98. The number of ether oxygens (including phenoxy) is 1.